The Morgan fingerprint density at radius 3 is 2.71 bits per heavy atom. The Morgan fingerprint density at radius 1 is 1.17 bits per heavy atom. The fraction of sp³-hybridized carbons (Fsp3) is 0.842. The van der Waals surface area contributed by atoms with Crippen LogP contribution in [-0.2, 0) is 17.8 Å². The quantitative estimate of drug-likeness (QED) is 0.776. The summed E-state index contributed by atoms with van der Waals surface area (Å²) in [5.41, 5.74) is 1.08. The molecule has 0 N–H and O–H groups in total. The van der Waals surface area contributed by atoms with Crippen molar-refractivity contribution < 1.29 is 4.79 Å². The number of carbonyl (C=O) groups is 1. The van der Waals surface area contributed by atoms with Crippen LogP contribution in [0.25, 0.3) is 0 Å². The second-order valence-corrected chi connectivity index (χ2v) is 7.66. The molecular weight excluding hydrogens is 300 g/mol. The Hall–Kier alpha value is -1.39. The maximum atomic E-state index is 12.9. The number of amides is 1. The minimum atomic E-state index is 0.286. The van der Waals surface area contributed by atoms with Gasteiger partial charge in [0.25, 0.3) is 0 Å². The molecule has 0 spiro atoms. The average molecular weight is 332 g/mol. The fourth-order valence-electron chi connectivity index (χ4n) is 4.26. The van der Waals surface area contributed by atoms with Crippen LogP contribution >= 0.6 is 0 Å². The lowest BCUT2D eigenvalue weighted by Crippen LogP contribution is -2.44. The van der Waals surface area contributed by atoms with Crippen molar-refractivity contribution in [1.82, 2.24) is 19.9 Å². The first kappa shape index (κ1) is 17.4. The number of hydrogen-bond acceptors (Lipinski definition) is 3. The van der Waals surface area contributed by atoms with Crippen molar-refractivity contribution in [3.63, 3.8) is 0 Å². The molecule has 2 heterocycles. The van der Waals surface area contributed by atoms with Gasteiger partial charge in [0.05, 0.1) is 5.69 Å². The van der Waals surface area contributed by atoms with Crippen molar-refractivity contribution in [2.45, 2.75) is 77.7 Å². The molecule has 1 aliphatic heterocycles. The molecule has 0 aromatic carbocycles. The summed E-state index contributed by atoms with van der Waals surface area (Å²) < 4.78 is 1.98. The zero-order chi connectivity index (χ0) is 16.8. The molecule has 1 unspecified atom stereocenters. The van der Waals surface area contributed by atoms with Gasteiger partial charge in [-0.15, -0.1) is 5.10 Å². The minimum absolute atomic E-state index is 0.286. The molecule has 1 aromatic rings. The molecule has 1 atom stereocenters. The van der Waals surface area contributed by atoms with Gasteiger partial charge >= 0.3 is 0 Å². The lowest BCUT2D eigenvalue weighted by Gasteiger charge is -2.34. The monoisotopic (exact) mass is 332 g/mol. The van der Waals surface area contributed by atoms with Crippen molar-refractivity contribution in [3.05, 3.63) is 11.9 Å². The molecule has 1 aliphatic carbocycles. The van der Waals surface area contributed by atoms with E-state index in [2.05, 4.69) is 28.3 Å². The third-order valence-corrected chi connectivity index (χ3v) is 5.57. The van der Waals surface area contributed by atoms with Gasteiger partial charge in [0.2, 0.25) is 5.91 Å². The molecule has 1 saturated carbocycles. The summed E-state index contributed by atoms with van der Waals surface area (Å²) in [4.78, 5) is 15.0. The first-order chi connectivity index (χ1) is 11.8. The van der Waals surface area contributed by atoms with Gasteiger partial charge in [-0.25, -0.2) is 0 Å². The summed E-state index contributed by atoms with van der Waals surface area (Å²) in [7, 11) is 0. The predicted octanol–water partition coefficient (Wildman–Crippen LogP) is 3.44. The van der Waals surface area contributed by atoms with Crippen LogP contribution in [0.15, 0.2) is 6.20 Å². The Morgan fingerprint density at radius 2 is 1.96 bits per heavy atom. The summed E-state index contributed by atoms with van der Waals surface area (Å²) in [5, 5.41) is 8.51. The van der Waals surface area contributed by atoms with Crippen LogP contribution in [0.5, 0.6) is 0 Å². The summed E-state index contributed by atoms with van der Waals surface area (Å²) in [6.07, 6.45) is 13.8. The molecule has 5 heteroatoms. The summed E-state index contributed by atoms with van der Waals surface area (Å²) in [6.45, 7) is 4.91. The largest absolute Gasteiger partial charge is 0.342 e. The number of likely N-dealkylation sites (tertiary alicyclic amines) is 1. The molecule has 134 valence electrons. The van der Waals surface area contributed by atoms with Gasteiger partial charge < -0.3 is 4.90 Å². The minimum Gasteiger partial charge on any atom is -0.342 e. The molecule has 3 rings (SSSR count). The molecule has 2 aliphatic rings. The van der Waals surface area contributed by atoms with Gasteiger partial charge in [0.1, 0.15) is 0 Å². The zero-order valence-electron chi connectivity index (χ0n) is 15.1. The average Bonchev–Trinajstić information content (AvgIpc) is 2.86. The summed E-state index contributed by atoms with van der Waals surface area (Å²) in [6, 6.07) is 0. The van der Waals surface area contributed by atoms with Crippen LogP contribution < -0.4 is 0 Å². The van der Waals surface area contributed by atoms with Crippen molar-refractivity contribution in [1.29, 1.82) is 0 Å². The van der Waals surface area contributed by atoms with Crippen molar-refractivity contribution >= 4 is 5.91 Å². The molecular formula is C19H32N4O. The van der Waals surface area contributed by atoms with Crippen molar-refractivity contribution in [2.75, 3.05) is 13.1 Å². The van der Waals surface area contributed by atoms with Gasteiger partial charge in [0, 0.05) is 31.7 Å². The van der Waals surface area contributed by atoms with Crippen LogP contribution in [-0.4, -0.2) is 38.9 Å². The van der Waals surface area contributed by atoms with E-state index in [1.165, 1.54) is 32.1 Å². The topological polar surface area (TPSA) is 51.0 Å². The SMILES string of the molecule is CCCc1cn(CC2CCCN(C(=O)C3CCCCCC3)C2)nn1. The van der Waals surface area contributed by atoms with E-state index in [4.69, 9.17) is 0 Å². The van der Waals surface area contributed by atoms with E-state index in [1.54, 1.807) is 0 Å². The number of rotatable bonds is 5. The van der Waals surface area contributed by atoms with Gasteiger partial charge in [-0.2, -0.15) is 0 Å². The lowest BCUT2D eigenvalue weighted by molar-refractivity contribution is -0.138. The Bertz CT molecular complexity index is 519. The Balaban J connectivity index is 1.54. The third-order valence-electron chi connectivity index (χ3n) is 5.57. The van der Waals surface area contributed by atoms with Crippen LogP contribution in [0.4, 0.5) is 0 Å². The van der Waals surface area contributed by atoms with Crippen LogP contribution in [0.2, 0.25) is 0 Å². The van der Waals surface area contributed by atoms with E-state index in [9.17, 15) is 4.79 Å². The maximum absolute atomic E-state index is 12.9. The smallest absolute Gasteiger partial charge is 0.225 e. The maximum Gasteiger partial charge on any atom is 0.225 e. The van der Waals surface area contributed by atoms with Crippen LogP contribution in [0.3, 0.4) is 0 Å². The van der Waals surface area contributed by atoms with Crippen LogP contribution in [0.1, 0.15) is 70.4 Å². The van der Waals surface area contributed by atoms with Crippen LogP contribution in [0, 0.1) is 11.8 Å². The molecule has 0 bridgehead atoms. The van der Waals surface area contributed by atoms with E-state index in [-0.39, 0.29) is 5.92 Å². The molecule has 0 radical (unpaired) electrons. The van der Waals surface area contributed by atoms with Gasteiger partial charge in [0.15, 0.2) is 0 Å². The number of hydrogen-bond donors (Lipinski definition) is 0. The summed E-state index contributed by atoms with van der Waals surface area (Å²) >= 11 is 0. The Kier molecular flexibility index (Phi) is 6.27. The zero-order valence-corrected chi connectivity index (χ0v) is 15.1. The molecule has 1 saturated heterocycles. The van der Waals surface area contributed by atoms with Crippen molar-refractivity contribution in [2.24, 2.45) is 11.8 Å². The van der Waals surface area contributed by atoms with Gasteiger partial charge in [-0.05, 0) is 38.0 Å². The van der Waals surface area contributed by atoms with E-state index >= 15 is 0 Å². The van der Waals surface area contributed by atoms with Gasteiger partial charge in [-0.3, -0.25) is 9.48 Å². The van der Waals surface area contributed by atoms with E-state index in [1.807, 2.05) is 4.68 Å². The lowest BCUT2D eigenvalue weighted by atomic mass is 9.94. The first-order valence-electron chi connectivity index (χ1n) is 9.94. The highest BCUT2D eigenvalue weighted by Gasteiger charge is 2.29. The molecule has 5 nitrogen and oxygen atoms in total. The highest BCUT2D eigenvalue weighted by Crippen LogP contribution is 2.27. The highest BCUT2D eigenvalue weighted by molar-refractivity contribution is 5.79. The Labute approximate surface area is 145 Å². The molecule has 1 aromatic heterocycles. The van der Waals surface area contributed by atoms with E-state index < -0.39 is 0 Å². The van der Waals surface area contributed by atoms with Crippen molar-refractivity contribution in [3.8, 4) is 0 Å². The third kappa shape index (κ3) is 4.58. The number of carbonyl (C=O) groups excluding carboxylic acids is 1. The first-order valence-corrected chi connectivity index (χ1v) is 9.94. The predicted molar refractivity (Wildman–Crippen MR) is 94.5 cm³/mol. The number of nitrogens with zero attached hydrogens (tertiary/aromatic N) is 4. The second kappa shape index (κ2) is 8.63. The van der Waals surface area contributed by atoms with Gasteiger partial charge in [-0.1, -0.05) is 44.2 Å². The second-order valence-electron chi connectivity index (χ2n) is 7.66. The highest BCUT2D eigenvalue weighted by atomic mass is 16.2. The number of aromatic nitrogens is 3. The molecule has 1 amide bonds. The summed E-state index contributed by atoms with van der Waals surface area (Å²) in [5.74, 6) is 1.23. The molecule has 2 fully saturated rings. The fourth-order valence-corrected chi connectivity index (χ4v) is 4.26. The normalized spacial score (nSPS) is 23.2. The van der Waals surface area contributed by atoms with E-state index in [0.717, 1.165) is 57.4 Å². The molecule has 24 heavy (non-hydrogen) atoms. The standard InChI is InChI=1S/C19H32N4O/c1-2-8-18-15-23(21-20-18)14-16-9-7-12-22(13-16)19(24)17-10-5-3-4-6-11-17/h15-17H,2-14H2,1H3. The van der Waals surface area contributed by atoms with E-state index in [0.29, 0.717) is 11.8 Å². The number of aryl methyl sites for hydroxylation is 1. The number of piperidine rings is 1.